The first kappa shape index (κ1) is 21.0. The predicted octanol–water partition coefficient (Wildman–Crippen LogP) is 4.44. The van der Waals surface area contributed by atoms with E-state index in [0.29, 0.717) is 24.0 Å². The van der Waals surface area contributed by atoms with Gasteiger partial charge in [-0.15, -0.1) is 0 Å². The summed E-state index contributed by atoms with van der Waals surface area (Å²) in [5, 5.41) is 3.86. The molecule has 0 radical (unpaired) electrons. The van der Waals surface area contributed by atoms with Crippen LogP contribution in [0.4, 0.5) is 4.79 Å². The first-order chi connectivity index (χ1) is 13.5. The summed E-state index contributed by atoms with van der Waals surface area (Å²) in [6.07, 6.45) is 7.79. The number of halogens is 1. The summed E-state index contributed by atoms with van der Waals surface area (Å²) in [4.78, 5) is 29.3. The number of carbonyl (C=O) groups excluding carboxylic acids is 2. The molecule has 1 heterocycles. The van der Waals surface area contributed by atoms with E-state index in [4.69, 9.17) is 11.6 Å². The van der Waals surface area contributed by atoms with Gasteiger partial charge in [0.1, 0.15) is 6.04 Å². The van der Waals surface area contributed by atoms with E-state index >= 15 is 0 Å². The van der Waals surface area contributed by atoms with Crippen LogP contribution in [0.1, 0.15) is 57.4 Å². The minimum atomic E-state index is -0.365. The van der Waals surface area contributed by atoms with Crippen LogP contribution in [0.2, 0.25) is 5.02 Å². The molecular formula is C22H32ClN3O2. The van der Waals surface area contributed by atoms with Gasteiger partial charge in [0, 0.05) is 31.2 Å². The van der Waals surface area contributed by atoms with Gasteiger partial charge in [-0.3, -0.25) is 4.79 Å². The topological polar surface area (TPSA) is 52.7 Å². The van der Waals surface area contributed by atoms with E-state index in [-0.39, 0.29) is 24.0 Å². The van der Waals surface area contributed by atoms with E-state index in [9.17, 15) is 9.59 Å². The summed E-state index contributed by atoms with van der Waals surface area (Å²) >= 11 is 5.93. The van der Waals surface area contributed by atoms with Gasteiger partial charge >= 0.3 is 6.03 Å². The SMILES string of the molecule is C[C@H](NC(=O)N1CCC[C@@H]1C(=O)N(C)Cc1ccc(Cl)cc1)C1CCCCC1. The zero-order valence-corrected chi connectivity index (χ0v) is 17.8. The Bertz CT molecular complexity index is 673. The molecule has 0 aromatic heterocycles. The van der Waals surface area contributed by atoms with Crippen molar-refractivity contribution in [3.63, 3.8) is 0 Å². The molecule has 2 aliphatic rings. The molecule has 6 heteroatoms. The Morgan fingerprint density at radius 1 is 1.14 bits per heavy atom. The fraction of sp³-hybridized carbons (Fsp3) is 0.636. The zero-order valence-electron chi connectivity index (χ0n) is 17.0. The van der Waals surface area contributed by atoms with Gasteiger partial charge < -0.3 is 15.1 Å². The predicted molar refractivity (Wildman–Crippen MR) is 112 cm³/mol. The Hall–Kier alpha value is -1.75. The first-order valence-corrected chi connectivity index (χ1v) is 10.9. The highest BCUT2D eigenvalue weighted by Crippen LogP contribution is 2.27. The van der Waals surface area contributed by atoms with Crippen LogP contribution in [0, 0.1) is 5.92 Å². The average molecular weight is 406 g/mol. The minimum absolute atomic E-state index is 0.00733. The number of hydrogen-bond donors (Lipinski definition) is 1. The number of nitrogens with one attached hydrogen (secondary N) is 1. The van der Waals surface area contributed by atoms with Crippen molar-refractivity contribution in [1.82, 2.24) is 15.1 Å². The lowest BCUT2D eigenvalue weighted by atomic mass is 9.84. The number of likely N-dealkylation sites (tertiary alicyclic amines) is 1. The normalized spacial score (nSPS) is 21.4. The van der Waals surface area contributed by atoms with Crippen molar-refractivity contribution in [3.05, 3.63) is 34.9 Å². The molecule has 154 valence electrons. The Labute approximate surface area is 173 Å². The Morgan fingerprint density at radius 3 is 2.50 bits per heavy atom. The molecule has 1 saturated heterocycles. The summed E-state index contributed by atoms with van der Waals surface area (Å²) in [6.45, 7) is 3.27. The standard InChI is InChI=1S/C22H32ClN3O2/c1-16(18-7-4-3-5-8-18)24-22(28)26-14-6-9-20(26)21(27)25(2)15-17-10-12-19(23)13-11-17/h10-13,16,18,20H,3-9,14-15H2,1-2H3,(H,24,28)/t16-,20+/m0/s1. The summed E-state index contributed by atoms with van der Waals surface area (Å²) in [6, 6.07) is 7.23. The van der Waals surface area contributed by atoms with Crippen LogP contribution in [0.5, 0.6) is 0 Å². The molecule has 0 unspecified atom stereocenters. The van der Waals surface area contributed by atoms with Crippen molar-refractivity contribution in [2.24, 2.45) is 5.92 Å². The molecule has 1 aromatic rings. The smallest absolute Gasteiger partial charge is 0.318 e. The van der Waals surface area contributed by atoms with Gasteiger partial charge in [-0.25, -0.2) is 4.79 Å². The monoisotopic (exact) mass is 405 g/mol. The summed E-state index contributed by atoms with van der Waals surface area (Å²) in [7, 11) is 1.80. The number of benzene rings is 1. The van der Waals surface area contributed by atoms with Gasteiger partial charge in [-0.1, -0.05) is 43.0 Å². The van der Waals surface area contributed by atoms with Crippen molar-refractivity contribution in [3.8, 4) is 0 Å². The van der Waals surface area contributed by atoms with Crippen molar-refractivity contribution >= 4 is 23.5 Å². The zero-order chi connectivity index (χ0) is 20.1. The van der Waals surface area contributed by atoms with Gasteiger partial charge in [0.15, 0.2) is 0 Å². The highest BCUT2D eigenvalue weighted by Gasteiger charge is 2.36. The summed E-state index contributed by atoms with van der Waals surface area (Å²) < 4.78 is 0. The lowest BCUT2D eigenvalue weighted by Crippen LogP contribution is -2.52. The molecule has 5 nitrogen and oxygen atoms in total. The molecule has 2 fully saturated rings. The number of amides is 3. The molecule has 28 heavy (non-hydrogen) atoms. The van der Waals surface area contributed by atoms with Gasteiger partial charge in [0.25, 0.3) is 0 Å². The molecule has 1 saturated carbocycles. The number of carbonyl (C=O) groups is 2. The largest absolute Gasteiger partial charge is 0.340 e. The van der Waals surface area contributed by atoms with Crippen molar-refractivity contribution in [1.29, 1.82) is 0 Å². The third-order valence-corrected chi connectivity index (χ3v) is 6.47. The highest BCUT2D eigenvalue weighted by atomic mass is 35.5. The van der Waals surface area contributed by atoms with Crippen LogP contribution < -0.4 is 5.32 Å². The van der Waals surface area contributed by atoms with Crippen molar-refractivity contribution in [2.75, 3.05) is 13.6 Å². The van der Waals surface area contributed by atoms with Crippen LogP contribution in [0.15, 0.2) is 24.3 Å². The number of hydrogen-bond acceptors (Lipinski definition) is 2. The molecule has 1 aromatic carbocycles. The highest BCUT2D eigenvalue weighted by molar-refractivity contribution is 6.30. The number of rotatable bonds is 5. The van der Waals surface area contributed by atoms with Crippen molar-refractivity contribution < 1.29 is 9.59 Å². The molecule has 1 aliphatic heterocycles. The minimum Gasteiger partial charge on any atom is -0.340 e. The molecule has 3 rings (SSSR count). The van der Waals surface area contributed by atoms with Gasteiger partial charge in [-0.05, 0) is 56.2 Å². The van der Waals surface area contributed by atoms with Crippen LogP contribution >= 0.6 is 11.6 Å². The fourth-order valence-electron chi connectivity index (χ4n) is 4.49. The van der Waals surface area contributed by atoms with E-state index in [1.807, 2.05) is 24.3 Å². The lowest BCUT2D eigenvalue weighted by Gasteiger charge is -2.32. The van der Waals surface area contributed by atoms with Gasteiger partial charge in [0.05, 0.1) is 0 Å². The second-order valence-electron chi connectivity index (χ2n) is 8.31. The quantitative estimate of drug-likeness (QED) is 0.787. The Morgan fingerprint density at radius 2 is 1.82 bits per heavy atom. The molecule has 2 atom stereocenters. The molecule has 1 aliphatic carbocycles. The third kappa shape index (κ3) is 5.19. The molecule has 0 spiro atoms. The fourth-order valence-corrected chi connectivity index (χ4v) is 4.62. The van der Waals surface area contributed by atoms with Crippen LogP contribution in [-0.4, -0.2) is 47.4 Å². The van der Waals surface area contributed by atoms with E-state index in [0.717, 1.165) is 18.4 Å². The summed E-state index contributed by atoms with van der Waals surface area (Å²) in [5.74, 6) is 0.565. The van der Waals surface area contributed by atoms with E-state index < -0.39 is 0 Å². The van der Waals surface area contributed by atoms with Crippen molar-refractivity contribution in [2.45, 2.75) is 70.5 Å². The third-order valence-electron chi connectivity index (χ3n) is 6.22. The average Bonchev–Trinajstić information content (AvgIpc) is 3.19. The lowest BCUT2D eigenvalue weighted by molar-refractivity contribution is -0.134. The molecule has 3 amide bonds. The second-order valence-corrected chi connectivity index (χ2v) is 8.74. The maximum Gasteiger partial charge on any atom is 0.318 e. The van der Waals surface area contributed by atoms with E-state index in [1.54, 1.807) is 16.8 Å². The number of urea groups is 1. The molecular weight excluding hydrogens is 374 g/mol. The Balaban J connectivity index is 1.56. The molecule has 0 bridgehead atoms. The van der Waals surface area contributed by atoms with Crippen LogP contribution in [-0.2, 0) is 11.3 Å². The maximum atomic E-state index is 13.0. The first-order valence-electron chi connectivity index (χ1n) is 10.5. The van der Waals surface area contributed by atoms with E-state index in [2.05, 4.69) is 12.2 Å². The van der Waals surface area contributed by atoms with E-state index in [1.165, 1.54) is 32.1 Å². The van der Waals surface area contributed by atoms with Crippen LogP contribution in [0.3, 0.4) is 0 Å². The Kier molecular flexibility index (Phi) is 7.22. The molecule has 1 N–H and O–H groups in total. The number of likely N-dealkylation sites (N-methyl/N-ethyl adjacent to an activating group) is 1. The maximum absolute atomic E-state index is 13.0. The van der Waals surface area contributed by atoms with Crippen LogP contribution in [0.25, 0.3) is 0 Å². The number of nitrogens with zero attached hydrogens (tertiary/aromatic N) is 2. The van der Waals surface area contributed by atoms with Gasteiger partial charge in [0.2, 0.25) is 5.91 Å². The summed E-state index contributed by atoms with van der Waals surface area (Å²) in [5.41, 5.74) is 1.03. The second kappa shape index (κ2) is 9.64. The van der Waals surface area contributed by atoms with Gasteiger partial charge in [-0.2, -0.15) is 0 Å².